The lowest BCUT2D eigenvalue weighted by Gasteiger charge is -2.32. The average molecular weight is 1070 g/mol. The van der Waals surface area contributed by atoms with Crippen LogP contribution in [0.3, 0.4) is 0 Å². The number of rotatable bonds is 33. The molecule has 3 rings (SSSR count). The molecule has 2 aromatic carbocycles. The fourth-order valence-corrected chi connectivity index (χ4v) is 8.33. The number of hydrogen-bond acceptors (Lipinski definition) is 15. The molecule has 1 unspecified atom stereocenters. The highest BCUT2D eigenvalue weighted by Gasteiger charge is 2.40. The third kappa shape index (κ3) is 26.9. The number of amides is 3. The summed E-state index contributed by atoms with van der Waals surface area (Å²) in [6.45, 7) is 11.1. The summed E-state index contributed by atoms with van der Waals surface area (Å²) in [4.78, 5) is 95.8. The monoisotopic (exact) mass is 1070 g/mol. The van der Waals surface area contributed by atoms with E-state index in [1.54, 1.807) is 52.8 Å². The number of hydrogen-bond donors (Lipinski definition) is 3. The molecule has 3 aromatic rings. The number of esters is 4. The van der Waals surface area contributed by atoms with Crippen LogP contribution in [0, 0.1) is 5.41 Å². The minimum absolute atomic E-state index is 0.0851. The van der Waals surface area contributed by atoms with E-state index >= 15 is 0 Å². The van der Waals surface area contributed by atoms with E-state index in [-0.39, 0.29) is 60.1 Å². The molecule has 406 valence electrons. The van der Waals surface area contributed by atoms with Gasteiger partial charge in [0.15, 0.2) is 6.10 Å². The lowest BCUT2D eigenvalue weighted by molar-refractivity contribution is -0.153. The van der Waals surface area contributed by atoms with Crippen molar-refractivity contribution in [3.63, 3.8) is 0 Å². The van der Waals surface area contributed by atoms with E-state index in [9.17, 15) is 33.6 Å². The lowest BCUT2D eigenvalue weighted by Crippen LogP contribution is -2.49. The third-order valence-electron chi connectivity index (χ3n) is 10.3. The fourth-order valence-electron chi connectivity index (χ4n) is 6.52. The van der Waals surface area contributed by atoms with Gasteiger partial charge in [0, 0.05) is 61.8 Å². The number of aromatic nitrogens is 1. The summed E-state index contributed by atoms with van der Waals surface area (Å²) in [6.07, 6.45) is 25.1. The van der Waals surface area contributed by atoms with Crippen molar-refractivity contribution in [1.82, 2.24) is 20.9 Å². The normalized spacial score (nSPS) is 12.1. The van der Waals surface area contributed by atoms with Crippen LogP contribution in [-0.4, -0.2) is 96.2 Å². The van der Waals surface area contributed by atoms with Gasteiger partial charge in [0.05, 0.1) is 5.56 Å². The van der Waals surface area contributed by atoms with Gasteiger partial charge in [-0.05, 0) is 109 Å². The van der Waals surface area contributed by atoms with E-state index in [1.807, 2.05) is 0 Å². The molecule has 0 spiro atoms. The van der Waals surface area contributed by atoms with Crippen molar-refractivity contribution in [2.24, 2.45) is 5.41 Å². The second kappa shape index (κ2) is 35.5. The predicted octanol–water partition coefficient (Wildman–Crippen LogP) is 10.9. The first-order valence-electron chi connectivity index (χ1n) is 25.3. The van der Waals surface area contributed by atoms with Crippen LogP contribution in [0.2, 0.25) is 0 Å². The first-order valence-corrected chi connectivity index (χ1v) is 27.7. The summed E-state index contributed by atoms with van der Waals surface area (Å²) in [6, 6.07) is 14.7. The average Bonchev–Trinajstić information content (AvgIpc) is 3.37. The van der Waals surface area contributed by atoms with E-state index in [2.05, 4.69) is 76.5 Å². The van der Waals surface area contributed by atoms with Crippen molar-refractivity contribution in [2.45, 2.75) is 117 Å². The maximum atomic E-state index is 14.0. The van der Waals surface area contributed by atoms with E-state index < -0.39 is 53.0 Å². The summed E-state index contributed by atoms with van der Waals surface area (Å²) in [5.74, 6) is -3.40. The quantitative estimate of drug-likeness (QED) is 0.0129. The largest absolute Gasteiger partial charge is 0.465 e. The molecule has 1 heterocycles. The van der Waals surface area contributed by atoms with Crippen LogP contribution in [0.15, 0.2) is 122 Å². The molecule has 0 aliphatic heterocycles. The molecule has 0 fully saturated rings. The summed E-state index contributed by atoms with van der Waals surface area (Å²) in [7, 11) is 3.06. The van der Waals surface area contributed by atoms with Crippen LogP contribution in [0.4, 0.5) is 4.79 Å². The number of unbranched alkanes of at least 4 members (excludes halogenated alkanes) is 3. The molecule has 18 heteroatoms. The first kappa shape index (κ1) is 62.6. The second-order valence-corrected chi connectivity index (χ2v) is 21.2. The van der Waals surface area contributed by atoms with Crippen molar-refractivity contribution in [3.05, 3.63) is 138 Å². The highest BCUT2D eigenvalue weighted by atomic mass is 33.1. The molecule has 1 aromatic heterocycles. The van der Waals surface area contributed by atoms with Crippen molar-refractivity contribution >= 4 is 63.4 Å². The zero-order valence-electron chi connectivity index (χ0n) is 44.1. The molecule has 0 bridgehead atoms. The topological polar surface area (TPSA) is 215 Å². The van der Waals surface area contributed by atoms with Gasteiger partial charge in [-0.15, -0.1) is 0 Å². The predicted molar refractivity (Wildman–Crippen MR) is 295 cm³/mol. The Morgan fingerprint density at radius 1 is 0.627 bits per heavy atom. The van der Waals surface area contributed by atoms with E-state index in [1.165, 1.54) is 76.4 Å². The molecule has 3 amide bonds. The molecule has 0 saturated heterocycles. The molecule has 0 saturated carbocycles. The van der Waals surface area contributed by atoms with Crippen LogP contribution in [0.1, 0.15) is 137 Å². The van der Waals surface area contributed by atoms with Gasteiger partial charge in [-0.25, -0.2) is 19.2 Å². The van der Waals surface area contributed by atoms with Crippen molar-refractivity contribution < 1.29 is 57.2 Å². The van der Waals surface area contributed by atoms with Crippen molar-refractivity contribution in [1.29, 1.82) is 0 Å². The molecular formula is C57H74N4O12S2. The summed E-state index contributed by atoms with van der Waals surface area (Å²) >= 11 is 0. The van der Waals surface area contributed by atoms with Gasteiger partial charge in [0.1, 0.15) is 34.8 Å². The Labute approximate surface area is 450 Å². The van der Waals surface area contributed by atoms with Gasteiger partial charge in [-0.1, -0.05) is 115 Å². The second-order valence-electron chi connectivity index (χ2n) is 18.5. The van der Waals surface area contributed by atoms with Crippen LogP contribution >= 0.6 is 21.6 Å². The SMILES string of the molecule is CCC=CCC=CCC=CCCCC=CCCCC(=O)OCC(C)(C)C(OC(=O)c1ccccc1OC(=O)c1ccccc1OC(=O)c1cccnc1)C(=O)NCCC(=O)NCCSSCCNC(=O)OC(C)(C)C. The Kier molecular flexibility index (Phi) is 29.7. The zero-order chi connectivity index (χ0) is 54.7. The zero-order valence-corrected chi connectivity index (χ0v) is 45.7. The lowest BCUT2D eigenvalue weighted by atomic mass is 9.86. The molecule has 0 radical (unpaired) electrons. The van der Waals surface area contributed by atoms with Crippen LogP contribution in [0.5, 0.6) is 11.5 Å². The maximum absolute atomic E-state index is 14.0. The molecule has 0 aliphatic carbocycles. The number of allylic oxidation sites excluding steroid dienone is 8. The van der Waals surface area contributed by atoms with Crippen LogP contribution < -0.4 is 25.4 Å². The maximum Gasteiger partial charge on any atom is 0.407 e. The Hall–Kier alpha value is -6.66. The fraction of sp³-hybridized carbons (Fsp3) is 0.439. The Balaban J connectivity index is 1.60. The van der Waals surface area contributed by atoms with E-state index in [0.717, 1.165) is 38.5 Å². The number of para-hydroxylation sites is 2. The molecule has 75 heavy (non-hydrogen) atoms. The number of carbonyl (C=O) groups excluding carboxylic acids is 7. The minimum Gasteiger partial charge on any atom is -0.465 e. The van der Waals surface area contributed by atoms with Crippen molar-refractivity contribution in [3.8, 4) is 11.5 Å². The number of alkyl carbamates (subject to hydrolysis) is 1. The summed E-state index contributed by atoms with van der Waals surface area (Å²) in [5.41, 5.74) is -2.05. The molecule has 16 nitrogen and oxygen atoms in total. The Morgan fingerprint density at radius 2 is 1.20 bits per heavy atom. The Bertz CT molecular complexity index is 2400. The van der Waals surface area contributed by atoms with Crippen LogP contribution in [0.25, 0.3) is 0 Å². The molecular weight excluding hydrogens is 997 g/mol. The van der Waals surface area contributed by atoms with Crippen molar-refractivity contribution in [2.75, 3.05) is 37.7 Å². The minimum atomic E-state index is -1.56. The molecule has 0 aliphatic rings. The third-order valence-corrected chi connectivity index (χ3v) is 12.7. The molecule has 3 N–H and O–H groups in total. The van der Waals surface area contributed by atoms with E-state index in [0.29, 0.717) is 37.4 Å². The smallest absolute Gasteiger partial charge is 0.407 e. The number of ether oxygens (including phenoxy) is 5. The first-order chi connectivity index (χ1) is 36.0. The van der Waals surface area contributed by atoms with Gasteiger partial charge >= 0.3 is 30.0 Å². The van der Waals surface area contributed by atoms with Gasteiger partial charge in [0.2, 0.25) is 5.91 Å². The highest BCUT2D eigenvalue weighted by molar-refractivity contribution is 8.76. The standard InChI is InChI=1S/C57H74N4O12S2/c1-7-8-9-10-11-12-13-14-15-16-17-18-19-20-21-22-33-49(63)69-42-57(5,6)50(51(64)60-36-34-48(62)59-37-39-74-75-40-38-61-55(68)73-56(2,3)4)72-54(67)45-30-24-26-32-47(45)71-53(66)44-29-23-25-31-46(44)70-52(65)43-28-27-35-58-41-43/h8-9,11-12,14-15,19-20,23-32,35,41,50H,7,10,13,16-18,21-22,33-34,36-40,42H2,1-6H3,(H,59,62)(H,60,64)(H,61,68). The molecule has 1 atom stereocenters. The van der Waals surface area contributed by atoms with Crippen LogP contribution in [-0.2, 0) is 28.6 Å². The van der Waals surface area contributed by atoms with Gasteiger partial charge in [-0.2, -0.15) is 0 Å². The number of benzene rings is 2. The number of pyridine rings is 1. The summed E-state index contributed by atoms with van der Waals surface area (Å²) in [5, 5.41) is 8.18. The van der Waals surface area contributed by atoms with Gasteiger partial charge in [-0.3, -0.25) is 19.4 Å². The Morgan fingerprint density at radius 3 is 1.83 bits per heavy atom. The number of carbonyl (C=O) groups is 7. The van der Waals surface area contributed by atoms with Gasteiger partial charge < -0.3 is 39.6 Å². The van der Waals surface area contributed by atoms with Gasteiger partial charge in [0.25, 0.3) is 5.91 Å². The number of nitrogens with one attached hydrogen (secondary N) is 3. The van der Waals surface area contributed by atoms with E-state index in [4.69, 9.17) is 23.7 Å². The highest BCUT2D eigenvalue weighted by Crippen LogP contribution is 2.29. The summed E-state index contributed by atoms with van der Waals surface area (Å²) < 4.78 is 27.9. The number of nitrogens with zero attached hydrogens (tertiary/aromatic N) is 1.